The minimum atomic E-state index is 0.473. The standard InChI is InChI=1S/C15H24ClN3/c1-4-17-9-14-13(16)7-8-15(18-14)19(11(2)3)10-12-5-6-12/h7-8,11-12,17H,4-6,9-10H2,1-3H3. The molecule has 1 fully saturated rings. The predicted molar refractivity (Wildman–Crippen MR) is 81.8 cm³/mol. The lowest BCUT2D eigenvalue weighted by Gasteiger charge is -2.28. The first-order chi connectivity index (χ1) is 9.11. The summed E-state index contributed by atoms with van der Waals surface area (Å²) in [6.07, 6.45) is 2.72. The molecule has 0 amide bonds. The van der Waals surface area contributed by atoms with E-state index in [9.17, 15) is 0 Å². The number of nitrogens with zero attached hydrogens (tertiary/aromatic N) is 2. The molecule has 0 unspecified atom stereocenters. The molecule has 1 aromatic rings. The number of hydrogen-bond donors (Lipinski definition) is 1. The third-order valence-electron chi connectivity index (χ3n) is 3.52. The Morgan fingerprint density at radius 1 is 1.42 bits per heavy atom. The van der Waals surface area contributed by atoms with Crippen LogP contribution in [0.3, 0.4) is 0 Å². The molecule has 1 heterocycles. The summed E-state index contributed by atoms with van der Waals surface area (Å²) in [5.41, 5.74) is 0.947. The van der Waals surface area contributed by atoms with Crippen LogP contribution < -0.4 is 10.2 Å². The van der Waals surface area contributed by atoms with Gasteiger partial charge in [0.2, 0.25) is 0 Å². The van der Waals surface area contributed by atoms with Gasteiger partial charge in [-0.1, -0.05) is 18.5 Å². The van der Waals surface area contributed by atoms with Crippen LogP contribution in [0.4, 0.5) is 5.82 Å². The van der Waals surface area contributed by atoms with Gasteiger partial charge in [-0.25, -0.2) is 4.98 Å². The van der Waals surface area contributed by atoms with Gasteiger partial charge >= 0.3 is 0 Å². The molecule has 0 aromatic carbocycles. The maximum absolute atomic E-state index is 6.21. The molecular weight excluding hydrogens is 258 g/mol. The van der Waals surface area contributed by atoms with Crippen LogP contribution in [0.15, 0.2) is 12.1 Å². The molecule has 106 valence electrons. The SMILES string of the molecule is CCNCc1nc(N(CC2CC2)C(C)C)ccc1Cl. The van der Waals surface area contributed by atoms with E-state index in [0.29, 0.717) is 6.04 Å². The van der Waals surface area contributed by atoms with Crippen molar-refractivity contribution in [1.82, 2.24) is 10.3 Å². The molecule has 1 aliphatic rings. The number of nitrogens with one attached hydrogen (secondary N) is 1. The zero-order valence-electron chi connectivity index (χ0n) is 12.1. The van der Waals surface area contributed by atoms with E-state index in [-0.39, 0.29) is 0 Å². The van der Waals surface area contributed by atoms with E-state index in [1.807, 2.05) is 12.1 Å². The van der Waals surface area contributed by atoms with Crippen molar-refractivity contribution in [3.8, 4) is 0 Å². The van der Waals surface area contributed by atoms with Crippen LogP contribution in [0, 0.1) is 5.92 Å². The average molecular weight is 282 g/mol. The lowest BCUT2D eigenvalue weighted by Crippen LogP contribution is -2.33. The van der Waals surface area contributed by atoms with Gasteiger partial charge in [-0.2, -0.15) is 0 Å². The van der Waals surface area contributed by atoms with Gasteiger partial charge in [0.05, 0.1) is 10.7 Å². The zero-order valence-corrected chi connectivity index (χ0v) is 12.9. The highest BCUT2D eigenvalue weighted by Gasteiger charge is 2.26. The molecule has 4 heteroatoms. The first kappa shape index (κ1) is 14.6. The largest absolute Gasteiger partial charge is 0.354 e. The molecule has 19 heavy (non-hydrogen) atoms. The first-order valence-electron chi connectivity index (χ1n) is 7.24. The Morgan fingerprint density at radius 3 is 2.74 bits per heavy atom. The highest BCUT2D eigenvalue weighted by atomic mass is 35.5. The Balaban J connectivity index is 2.15. The van der Waals surface area contributed by atoms with Crippen LogP contribution >= 0.6 is 11.6 Å². The minimum absolute atomic E-state index is 0.473. The van der Waals surface area contributed by atoms with E-state index < -0.39 is 0 Å². The summed E-state index contributed by atoms with van der Waals surface area (Å²) in [6.45, 7) is 9.32. The van der Waals surface area contributed by atoms with Crippen molar-refractivity contribution in [1.29, 1.82) is 0 Å². The normalized spacial score (nSPS) is 15.0. The van der Waals surface area contributed by atoms with Gasteiger partial charge in [-0.05, 0) is 51.3 Å². The topological polar surface area (TPSA) is 28.2 Å². The van der Waals surface area contributed by atoms with E-state index in [1.165, 1.54) is 12.8 Å². The second kappa shape index (κ2) is 6.58. The zero-order chi connectivity index (χ0) is 13.8. The highest BCUT2D eigenvalue weighted by Crippen LogP contribution is 2.32. The Bertz CT molecular complexity index is 416. The summed E-state index contributed by atoms with van der Waals surface area (Å²) in [5, 5.41) is 4.04. The first-order valence-corrected chi connectivity index (χ1v) is 7.62. The summed E-state index contributed by atoms with van der Waals surface area (Å²) in [5.74, 6) is 1.91. The summed E-state index contributed by atoms with van der Waals surface area (Å²) in [7, 11) is 0. The minimum Gasteiger partial charge on any atom is -0.354 e. The lowest BCUT2D eigenvalue weighted by molar-refractivity contribution is 0.632. The second-order valence-electron chi connectivity index (χ2n) is 5.57. The van der Waals surface area contributed by atoms with Crippen LogP contribution in [-0.4, -0.2) is 24.1 Å². The van der Waals surface area contributed by atoms with Crippen molar-refractivity contribution >= 4 is 17.4 Å². The second-order valence-corrected chi connectivity index (χ2v) is 5.97. The van der Waals surface area contributed by atoms with Gasteiger partial charge in [0.1, 0.15) is 5.82 Å². The van der Waals surface area contributed by atoms with Gasteiger partial charge < -0.3 is 10.2 Å². The van der Waals surface area contributed by atoms with Crippen LogP contribution in [0.5, 0.6) is 0 Å². The highest BCUT2D eigenvalue weighted by molar-refractivity contribution is 6.31. The smallest absolute Gasteiger partial charge is 0.129 e. The Labute approximate surface area is 121 Å². The third kappa shape index (κ3) is 4.08. The van der Waals surface area contributed by atoms with Crippen molar-refractivity contribution in [3.05, 3.63) is 22.8 Å². The third-order valence-corrected chi connectivity index (χ3v) is 3.86. The fraction of sp³-hybridized carbons (Fsp3) is 0.667. The van der Waals surface area contributed by atoms with Crippen molar-refractivity contribution in [3.63, 3.8) is 0 Å². The van der Waals surface area contributed by atoms with E-state index in [4.69, 9.17) is 16.6 Å². The maximum atomic E-state index is 6.21. The maximum Gasteiger partial charge on any atom is 0.129 e. The molecule has 0 atom stereocenters. The van der Waals surface area contributed by atoms with Crippen LogP contribution in [-0.2, 0) is 6.54 Å². The monoisotopic (exact) mass is 281 g/mol. The molecule has 3 nitrogen and oxygen atoms in total. The van der Waals surface area contributed by atoms with Crippen molar-refractivity contribution in [2.24, 2.45) is 5.92 Å². The van der Waals surface area contributed by atoms with E-state index in [1.54, 1.807) is 0 Å². The molecule has 2 rings (SSSR count). The van der Waals surface area contributed by atoms with Gasteiger partial charge in [-0.3, -0.25) is 0 Å². The van der Waals surface area contributed by atoms with Crippen molar-refractivity contribution in [2.75, 3.05) is 18.0 Å². The number of hydrogen-bond acceptors (Lipinski definition) is 3. The molecular formula is C15H24ClN3. The van der Waals surface area contributed by atoms with Crippen molar-refractivity contribution < 1.29 is 0 Å². The molecule has 0 radical (unpaired) electrons. The molecule has 0 saturated heterocycles. The lowest BCUT2D eigenvalue weighted by atomic mass is 10.2. The van der Waals surface area contributed by atoms with Gasteiger partial charge in [0, 0.05) is 19.1 Å². The predicted octanol–water partition coefficient (Wildman–Crippen LogP) is 3.47. The molecule has 1 aromatic heterocycles. The average Bonchev–Trinajstić information content (AvgIpc) is 3.19. The molecule has 0 aliphatic heterocycles. The summed E-state index contributed by atoms with van der Waals surface area (Å²) < 4.78 is 0. The number of halogens is 1. The van der Waals surface area contributed by atoms with Crippen molar-refractivity contribution in [2.45, 2.75) is 46.2 Å². The Hall–Kier alpha value is -0.800. The summed E-state index contributed by atoms with van der Waals surface area (Å²) >= 11 is 6.21. The summed E-state index contributed by atoms with van der Waals surface area (Å²) in [6, 6.07) is 4.49. The molecule has 0 bridgehead atoms. The fourth-order valence-corrected chi connectivity index (χ4v) is 2.32. The van der Waals surface area contributed by atoms with Crippen LogP contribution in [0.2, 0.25) is 5.02 Å². The Kier molecular flexibility index (Phi) is 5.06. The van der Waals surface area contributed by atoms with Gasteiger partial charge in [0.25, 0.3) is 0 Å². The summed E-state index contributed by atoms with van der Waals surface area (Å²) in [4.78, 5) is 7.14. The van der Waals surface area contributed by atoms with Crippen LogP contribution in [0.25, 0.3) is 0 Å². The molecule has 1 N–H and O–H groups in total. The number of pyridine rings is 1. The number of rotatable bonds is 7. The fourth-order valence-electron chi connectivity index (χ4n) is 2.15. The molecule has 0 spiro atoms. The number of aromatic nitrogens is 1. The van der Waals surface area contributed by atoms with Gasteiger partial charge in [-0.15, -0.1) is 0 Å². The van der Waals surface area contributed by atoms with Crippen LogP contribution in [0.1, 0.15) is 39.3 Å². The van der Waals surface area contributed by atoms with E-state index in [2.05, 4.69) is 31.0 Å². The van der Waals surface area contributed by atoms with Gasteiger partial charge in [0.15, 0.2) is 0 Å². The number of anilines is 1. The quantitative estimate of drug-likeness (QED) is 0.829. The molecule has 1 saturated carbocycles. The molecule has 1 aliphatic carbocycles. The Morgan fingerprint density at radius 2 is 2.16 bits per heavy atom. The van der Waals surface area contributed by atoms with E-state index >= 15 is 0 Å². The van der Waals surface area contributed by atoms with E-state index in [0.717, 1.165) is 42.1 Å².